The molecule has 0 unspecified atom stereocenters. The Morgan fingerprint density at radius 2 is 2.11 bits per heavy atom. The fourth-order valence-corrected chi connectivity index (χ4v) is 0.566. The summed E-state index contributed by atoms with van der Waals surface area (Å²) < 4.78 is 0. The minimum Gasteiger partial charge on any atom is -0.393 e. The average molecular weight is 149 g/mol. The SMILES string of the molecule is CC(C)[C@H](O)C/C=C\Cl. The van der Waals surface area contributed by atoms with Crippen molar-refractivity contribution in [3.63, 3.8) is 0 Å². The summed E-state index contributed by atoms with van der Waals surface area (Å²) in [6.07, 6.45) is 2.16. The van der Waals surface area contributed by atoms with Crippen LogP contribution in [0.4, 0.5) is 0 Å². The Kier molecular flexibility index (Phi) is 4.83. The molecule has 0 aromatic carbocycles. The quantitative estimate of drug-likeness (QED) is 0.650. The molecular weight excluding hydrogens is 136 g/mol. The zero-order chi connectivity index (χ0) is 7.28. The van der Waals surface area contributed by atoms with E-state index in [1.54, 1.807) is 6.08 Å². The van der Waals surface area contributed by atoms with E-state index in [4.69, 9.17) is 16.7 Å². The first-order valence-corrected chi connectivity index (χ1v) is 3.55. The Morgan fingerprint density at radius 1 is 1.56 bits per heavy atom. The molecule has 0 aromatic heterocycles. The van der Waals surface area contributed by atoms with E-state index in [9.17, 15) is 0 Å². The number of aliphatic hydroxyl groups excluding tert-OH is 1. The molecule has 54 valence electrons. The summed E-state index contributed by atoms with van der Waals surface area (Å²) in [6.45, 7) is 3.96. The number of halogens is 1. The summed E-state index contributed by atoms with van der Waals surface area (Å²) in [5, 5.41) is 9.15. The predicted octanol–water partition coefficient (Wildman–Crippen LogP) is 2.15. The fraction of sp³-hybridized carbons (Fsp3) is 0.714. The van der Waals surface area contributed by atoms with E-state index in [1.807, 2.05) is 13.8 Å². The van der Waals surface area contributed by atoms with Crippen LogP contribution in [0.5, 0.6) is 0 Å². The number of aliphatic hydroxyl groups is 1. The second-order valence-corrected chi connectivity index (χ2v) is 2.66. The molecule has 0 rings (SSSR count). The highest BCUT2D eigenvalue weighted by Gasteiger charge is 2.05. The first-order chi connectivity index (χ1) is 4.18. The van der Waals surface area contributed by atoms with Crippen LogP contribution in [0, 0.1) is 5.92 Å². The van der Waals surface area contributed by atoms with Gasteiger partial charge in [-0.3, -0.25) is 0 Å². The third-order valence-corrected chi connectivity index (χ3v) is 1.41. The van der Waals surface area contributed by atoms with Gasteiger partial charge in [-0.1, -0.05) is 31.5 Å². The van der Waals surface area contributed by atoms with Gasteiger partial charge in [-0.15, -0.1) is 0 Å². The normalized spacial score (nSPS) is 15.2. The average Bonchev–Trinajstić information content (AvgIpc) is 1.82. The molecule has 0 spiro atoms. The van der Waals surface area contributed by atoms with Gasteiger partial charge in [-0.2, -0.15) is 0 Å². The van der Waals surface area contributed by atoms with E-state index in [1.165, 1.54) is 5.54 Å². The van der Waals surface area contributed by atoms with Gasteiger partial charge in [0.05, 0.1) is 6.10 Å². The van der Waals surface area contributed by atoms with Gasteiger partial charge in [-0.05, 0) is 12.3 Å². The molecular formula is C7H13ClO. The molecule has 1 N–H and O–H groups in total. The van der Waals surface area contributed by atoms with Crippen LogP contribution in [0.2, 0.25) is 0 Å². The van der Waals surface area contributed by atoms with Crippen LogP contribution >= 0.6 is 11.6 Å². The minimum absolute atomic E-state index is 0.250. The van der Waals surface area contributed by atoms with Crippen LogP contribution < -0.4 is 0 Å². The van der Waals surface area contributed by atoms with Crippen molar-refractivity contribution in [1.29, 1.82) is 0 Å². The highest BCUT2D eigenvalue weighted by molar-refractivity contribution is 6.25. The highest BCUT2D eigenvalue weighted by atomic mass is 35.5. The van der Waals surface area contributed by atoms with Crippen molar-refractivity contribution in [2.24, 2.45) is 5.92 Å². The Labute approximate surface area is 61.3 Å². The molecule has 1 nitrogen and oxygen atoms in total. The molecule has 0 saturated carbocycles. The first kappa shape index (κ1) is 8.99. The van der Waals surface area contributed by atoms with Gasteiger partial charge in [0.2, 0.25) is 0 Å². The topological polar surface area (TPSA) is 20.2 Å². The van der Waals surface area contributed by atoms with Crippen LogP contribution in [-0.2, 0) is 0 Å². The van der Waals surface area contributed by atoms with Crippen LogP contribution in [0.25, 0.3) is 0 Å². The second kappa shape index (κ2) is 4.83. The number of hydrogen-bond acceptors (Lipinski definition) is 1. The monoisotopic (exact) mass is 148 g/mol. The van der Waals surface area contributed by atoms with Crippen molar-refractivity contribution < 1.29 is 5.11 Å². The van der Waals surface area contributed by atoms with E-state index in [0.717, 1.165) is 0 Å². The Hall–Kier alpha value is -0.0100. The van der Waals surface area contributed by atoms with Gasteiger partial charge in [-0.25, -0.2) is 0 Å². The molecule has 0 fully saturated rings. The summed E-state index contributed by atoms with van der Waals surface area (Å²) >= 11 is 5.26. The molecule has 0 heterocycles. The van der Waals surface area contributed by atoms with Gasteiger partial charge in [0.15, 0.2) is 0 Å². The molecule has 9 heavy (non-hydrogen) atoms. The summed E-state index contributed by atoms with van der Waals surface area (Å²) in [7, 11) is 0. The number of rotatable bonds is 3. The van der Waals surface area contributed by atoms with Gasteiger partial charge >= 0.3 is 0 Å². The van der Waals surface area contributed by atoms with Crippen molar-refractivity contribution in [1.82, 2.24) is 0 Å². The lowest BCUT2D eigenvalue weighted by atomic mass is 10.1. The van der Waals surface area contributed by atoms with E-state index in [-0.39, 0.29) is 6.10 Å². The number of hydrogen-bond donors (Lipinski definition) is 1. The molecule has 1 atom stereocenters. The molecule has 0 bridgehead atoms. The van der Waals surface area contributed by atoms with E-state index >= 15 is 0 Å². The van der Waals surface area contributed by atoms with E-state index in [0.29, 0.717) is 12.3 Å². The van der Waals surface area contributed by atoms with Crippen molar-refractivity contribution in [3.05, 3.63) is 11.6 Å². The minimum atomic E-state index is -0.250. The molecule has 2 heteroatoms. The Morgan fingerprint density at radius 3 is 2.44 bits per heavy atom. The molecule has 0 radical (unpaired) electrons. The van der Waals surface area contributed by atoms with Crippen molar-refractivity contribution >= 4 is 11.6 Å². The largest absolute Gasteiger partial charge is 0.393 e. The lowest BCUT2D eigenvalue weighted by Crippen LogP contribution is -2.12. The van der Waals surface area contributed by atoms with E-state index in [2.05, 4.69) is 0 Å². The fourth-order valence-electron chi connectivity index (χ4n) is 0.463. The van der Waals surface area contributed by atoms with Crippen LogP contribution in [0.15, 0.2) is 11.6 Å². The van der Waals surface area contributed by atoms with Crippen LogP contribution in [-0.4, -0.2) is 11.2 Å². The maximum absolute atomic E-state index is 9.15. The zero-order valence-corrected chi connectivity index (χ0v) is 6.60. The zero-order valence-electron chi connectivity index (χ0n) is 5.84. The lowest BCUT2D eigenvalue weighted by molar-refractivity contribution is 0.128. The maximum Gasteiger partial charge on any atom is 0.0597 e. The van der Waals surface area contributed by atoms with Crippen molar-refractivity contribution in [2.45, 2.75) is 26.4 Å². The summed E-state index contributed by atoms with van der Waals surface area (Å²) in [5.41, 5.74) is 1.44. The summed E-state index contributed by atoms with van der Waals surface area (Å²) in [4.78, 5) is 0. The Bertz CT molecular complexity index is 88.9. The van der Waals surface area contributed by atoms with E-state index < -0.39 is 0 Å². The van der Waals surface area contributed by atoms with Crippen LogP contribution in [0.1, 0.15) is 20.3 Å². The maximum atomic E-state index is 9.15. The van der Waals surface area contributed by atoms with Crippen molar-refractivity contribution in [2.75, 3.05) is 0 Å². The third-order valence-electron chi connectivity index (χ3n) is 1.24. The molecule has 0 aliphatic heterocycles. The summed E-state index contributed by atoms with van der Waals surface area (Å²) in [6, 6.07) is 0. The van der Waals surface area contributed by atoms with Gasteiger partial charge in [0.1, 0.15) is 0 Å². The van der Waals surface area contributed by atoms with Gasteiger partial charge < -0.3 is 5.11 Å². The second-order valence-electron chi connectivity index (χ2n) is 2.41. The molecule has 0 saturated heterocycles. The summed E-state index contributed by atoms with van der Waals surface area (Å²) in [5.74, 6) is 0.317. The van der Waals surface area contributed by atoms with Crippen molar-refractivity contribution in [3.8, 4) is 0 Å². The Balaban J connectivity index is 3.38. The molecule has 0 amide bonds. The third kappa shape index (κ3) is 4.49. The molecule has 0 aliphatic rings. The molecule has 0 aromatic rings. The highest BCUT2D eigenvalue weighted by Crippen LogP contribution is 2.05. The van der Waals surface area contributed by atoms with Crippen LogP contribution in [0.3, 0.4) is 0 Å². The van der Waals surface area contributed by atoms with Gasteiger partial charge in [0.25, 0.3) is 0 Å². The lowest BCUT2D eigenvalue weighted by Gasteiger charge is -2.10. The smallest absolute Gasteiger partial charge is 0.0597 e. The molecule has 0 aliphatic carbocycles. The first-order valence-electron chi connectivity index (χ1n) is 3.11. The standard InChI is InChI=1S/C7H13ClO/c1-6(2)7(9)4-3-5-8/h3,5-7,9H,4H2,1-2H3/b5-3-/t7-/m1/s1. The van der Waals surface area contributed by atoms with Gasteiger partial charge in [0, 0.05) is 5.54 Å². The predicted molar refractivity (Wildman–Crippen MR) is 40.5 cm³/mol.